The highest BCUT2D eigenvalue weighted by molar-refractivity contribution is 7.71. The van der Waals surface area contributed by atoms with Gasteiger partial charge in [-0.1, -0.05) is 26.0 Å². The Bertz CT molecular complexity index is 1080. The lowest BCUT2D eigenvalue weighted by Crippen LogP contribution is -2.19. The first-order valence-corrected chi connectivity index (χ1v) is 8.96. The van der Waals surface area contributed by atoms with Gasteiger partial charge in [-0.05, 0) is 60.5 Å². The van der Waals surface area contributed by atoms with Gasteiger partial charge in [0.25, 0.3) is 11.5 Å². The van der Waals surface area contributed by atoms with Gasteiger partial charge in [0.15, 0.2) is 4.77 Å². The summed E-state index contributed by atoms with van der Waals surface area (Å²) in [5.41, 5.74) is 2.82. The number of rotatable bonds is 4. The molecule has 1 heterocycles. The molecule has 134 valence electrons. The maximum atomic E-state index is 12.5. The van der Waals surface area contributed by atoms with Crippen molar-refractivity contribution in [3.8, 4) is 0 Å². The van der Waals surface area contributed by atoms with E-state index >= 15 is 0 Å². The van der Waals surface area contributed by atoms with Gasteiger partial charge in [0.2, 0.25) is 0 Å². The zero-order chi connectivity index (χ0) is 18.8. The second kappa shape index (κ2) is 7.25. The Morgan fingerprint density at radius 1 is 1.23 bits per heavy atom. The summed E-state index contributed by atoms with van der Waals surface area (Å²) in [6, 6.07) is 12.8. The Labute approximate surface area is 156 Å². The largest absolute Gasteiger partial charge is 0.332 e. The number of carbonyl (C=O) groups is 1. The van der Waals surface area contributed by atoms with E-state index in [1.807, 2.05) is 24.3 Å². The summed E-state index contributed by atoms with van der Waals surface area (Å²) in [5, 5.41) is 3.38. The molecule has 0 fully saturated rings. The van der Waals surface area contributed by atoms with Gasteiger partial charge >= 0.3 is 0 Å². The molecule has 1 aromatic heterocycles. The van der Waals surface area contributed by atoms with Crippen LogP contribution in [0.15, 0.2) is 47.3 Å². The molecule has 0 saturated heterocycles. The maximum Gasteiger partial charge on any atom is 0.261 e. The quantitative estimate of drug-likeness (QED) is 0.673. The van der Waals surface area contributed by atoms with Crippen molar-refractivity contribution < 1.29 is 4.79 Å². The highest BCUT2D eigenvalue weighted by atomic mass is 32.1. The summed E-state index contributed by atoms with van der Waals surface area (Å²) in [7, 11) is 1.62. The van der Waals surface area contributed by atoms with Gasteiger partial charge in [0.05, 0.1) is 10.9 Å². The smallest absolute Gasteiger partial charge is 0.261 e. The van der Waals surface area contributed by atoms with Crippen LogP contribution >= 0.6 is 12.2 Å². The van der Waals surface area contributed by atoms with E-state index in [0.717, 1.165) is 12.1 Å². The van der Waals surface area contributed by atoms with Crippen molar-refractivity contribution in [2.45, 2.75) is 26.2 Å². The minimum absolute atomic E-state index is 0.184. The van der Waals surface area contributed by atoms with Crippen LogP contribution in [0.4, 0.5) is 5.69 Å². The van der Waals surface area contributed by atoms with Gasteiger partial charge in [-0.15, -0.1) is 0 Å². The molecule has 0 aliphatic carbocycles. The Morgan fingerprint density at radius 3 is 2.58 bits per heavy atom. The van der Waals surface area contributed by atoms with Gasteiger partial charge in [-0.2, -0.15) is 0 Å². The van der Waals surface area contributed by atoms with E-state index in [9.17, 15) is 9.59 Å². The van der Waals surface area contributed by atoms with E-state index in [4.69, 9.17) is 12.2 Å². The molecule has 2 aromatic carbocycles. The van der Waals surface area contributed by atoms with Crippen molar-refractivity contribution in [3.63, 3.8) is 0 Å². The van der Waals surface area contributed by atoms with Crippen LogP contribution in [0.25, 0.3) is 10.9 Å². The number of H-pyrrole nitrogens is 1. The molecular weight excluding hydrogens is 346 g/mol. The molecule has 0 aliphatic heterocycles. The van der Waals surface area contributed by atoms with Crippen molar-refractivity contribution in [1.82, 2.24) is 9.55 Å². The molecule has 2 N–H and O–H groups in total. The van der Waals surface area contributed by atoms with E-state index in [1.54, 1.807) is 25.2 Å². The van der Waals surface area contributed by atoms with E-state index in [2.05, 4.69) is 24.1 Å². The minimum Gasteiger partial charge on any atom is -0.332 e. The number of aromatic amines is 1. The summed E-state index contributed by atoms with van der Waals surface area (Å²) in [6.07, 6.45) is 1.07. The number of carbonyl (C=O) groups excluding carboxylic acids is 1. The number of nitrogens with one attached hydrogen (secondary N) is 2. The maximum absolute atomic E-state index is 12.5. The molecule has 0 bridgehead atoms. The lowest BCUT2D eigenvalue weighted by atomic mass is 9.98. The average molecular weight is 367 g/mol. The zero-order valence-corrected chi connectivity index (χ0v) is 15.8. The molecule has 0 spiro atoms. The molecule has 3 aromatic rings. The fraction of sp³-hybridized carbons (Fsp3) is 0.250. The standard InChI is InChI=1S/C20H21N3O2S/c1-4-12(2)13-5-8-15(9-6-13)21-18(24)14-7-10-16-17(11-14)22-20(26)23(3)19(16)25/h5-12H,4H2,1-3H3,(H,21,24)(H,22,26). The number of aromatic nitrogens is 2. The third kappa shape index (κ3) is 3.46. The molecule has 3 rings (SSSR count). The van der Waals surface area contributed by atoms with Gasteiger partial charge in [-0.25, -0.2) is 0 Å². The van der Waals surface area contributed by atoms with Crippen LogP contribution < -0.4 is 10.9 Å². The highest BCUT2D eigenvalue weighted by Gasteiger charge is 2.10. The van der Waals surface area contributed by atoms with Crippen LogP contribution in [0.2, 0.25) is 0 Å². The van der Waals surface area contributed by atoms with Crippen molar-refractivity contribution in [2.75, 3.05) is 5.32 Å². The fourth-order valence-corrected chi connectivity index (χ4v) is 2.97. The van der Waals surface area contributed by atoms with Crippen LogP contribution in [0.5, 0.6) is 0 Å². The third-order valence-corrected chi connectivity index (χ3v) is 5.09. The van der Waals surface area contributed by atoms with Crippen LogP contribution in [0, 0.1) is 4.77 Å². The molecule has 0 radical (unpaired) electrons. The van der Waals surface area contributed by atoms with Gasteiger partial charge < -0.3 is 10.3 Å². The van der Waals surface area contributed by atoms with Crippen LogP contribution in [0.3, 0.4) is 0 Å². The fourth-order valence-electron chi connectivity index (χ4n) is 2.78. The molecule has 1 unspecified atom stereocenters. The lowest BCUT2D eigenvalue weighted by Gasteiger charge is -2.11. The van der Waals surface area contributed by atoms with Crippen LogP contribution in [-0.2, 0) is 7.05 Å². The molecule has 5 nitrogen and oxygen atoms in total. The summed E-state index contributed by atoms with van der Waals surface area (Å²) < 4.78 is 1.69. The van der Waals surface area contributed by atoms with Gasteiger partial charge in [0, 0.05) is 18.3 Å². The number of anilines is 1. The Kier molecular flexibility index (Phi) is 5.04. The average Bonchev–Trinajstić information content (AvgIpc) is 2.65. The number of benzene rings is 2. The predicted octanol–water partition coefficient (Wildman–Crippen LogP) is 4.36. The number of hydrogen-bond donors (Lipinski definition) is 2. The van der Waals surface area contributed by atoms with Crippen LogP contribution in [-0.4, -0.2) is 15.5 Å². The molecule has 26 heavy (non-hydrogen) atoms. The summed E-state index contributed by atoms with van der Waals surface area (Å²) >= 11 is 5.13. The number of hydrogen-bond acceptors (Lipinski definition) is 3. The highest BCUT2D eigenvalue weighted by Crippen LogP contribution is 2.21. The second-order valence-electron chi connectivity index (χ2n) is 6.44. The first kappa shape index (κ1) is 18.1. The number of amides is 1. The summed E-state index contributed by atoms with van der Waals surface area (Å²) in [6.45, 7) is 4.33. The van der Waals surface area contributed by atoms with Gasteiger partial charge in [0.1, 0.15) is 0 Å². The van der Waals surface area contributed by atoms with Crippen molar-refractivity contribution >= 4 is 34.7 Å². The van der Waals surface area contributed by atoms with E-state index in [-0.39, 0.29) is 11.5 Å². The third-order valence-electron chi connectivity index (χ3n) is 4.71. The molecule has 1 amide bonds. The normalized spacial score (nSPS) is 12.1. The second-order valence-corrected chi connectivity index (χ2v) is 6.83. The van der Waals surface area contributed by atoms with Gasteiger partial charge in [-0.3, -0.25) is 14.2 Å². The zero-order valence-electron chi connectivity index (χ0n) is 15.0. The molecule has 0 saturated carbocycles. The molecule has 0 aliphatic rings. The lowest BCUT2D eigenvalue weighted by molar-refractivity contribution is 0.102. The van der Waals surface area contributed by atoms with E-state index in [1.165, 1.54) is 10.1 Å². The van der Waals surface area contributed by atoms with Crippen LogP contribution in [0.1, 0.15) is 42.1 Å². The monoisotopic (exact) mass is 367 g/mol. The SMILES string of the molecule is CCC(C)c1ccc(NC(=O)c2ccc3c(=O)n(C)c(=S)[nH]c3c2)cc1. The number of fused-ring (bicyclic) bond motifs is 1. The van der Waals surface area contributed by atoms with Crippen molar-refractivity contribution in [2.24, 2.45) is 7.05 Å². The molecular formula is C20H21N3O2S. The summed E-state index contributed by atoms with van der Waals surface area (Å²) in [5.74, 6) is 0.258. The first-order valence-electron chi connectivity index (χ1n) is 8.55. The summed E-state index contributed by atoms with van der Waals surface area (Å²) in [4.78, 5) is 27.7. The van der Waals surface area contributed by atoms with Crippen molar-refractivity contribution in [3.05, 3.63) is 68.7 Å². The Morgan fingerprint density at radius 2 is 1.92 bits per heavy atom. The van der Waals surface area contributed by atoms with Crippen molar-refractivity contribution in [1.29, 1.82) is 0 Å². The van der Waals surface area contributed by atoms with E-state index in [0.29, 0.717) is 27.2 Å². The molecule has 1 atom stereocenters. The Balaban J connectivity index is 1.87. The Hall–Kier alpha value is -2.73. The topological polar surface area (TPSA) is 66.9 Å². The van der Waals surface area contributed by atoms with E-state index < -0.39 is 0 Å². The minimum atomic E-state index is -0.233. The molecule has 6 heteroatoms. The predicted molar refractivity (Wildman–Crippen MR) is 107 cm³/mol. The number of nitrogens with zero attached hydrogens (tertiary/aromatic N) is 1. The first-order chi connectivity index (χ1) is 12.4.